The van der Waals surface area contributed by atoms with Crippen LogP contribution < -0.4 is 0 Å². The predicted molar refractivity (Wildman–Crippen MR) is 74.7 cm³/mol. The quantitative estimate of drug-likeness (QED) is 0.558. The van der Waals surface area contributed by atoms with Crippen LogP contribution in [0.3, 0.4) is 0 Å². The van der Waals surface area contributed by atoms with E-state index < -0.39 is 0 Å². The van der Waals surface area contributed by atoms with Gasteiger partial charge >= 0.3 is 0 Å². The second kappa shape index (κ2) is 3.65. The van der Waals surface area contributed by atoms with E-state index in [0.29, 0.717) is 0 Å². The number of hydrogen-bond donors (Lipinski definition) is 1. The minimum atomic E-state index is 0.986. The Labute approximate surface area is 107 Å². The van der Waals surface area contributed by atoms with Crippen LogP contribution in [0.5, 0.6) is 0 Å². The lowest BCUT2D eigenvalue weighted by Crippen LogP contribution is -1.83. The van der Waals surface area contributed by atoms with Gasteiger partial charge in [0.2, 0.25) is 0 Å². The number of thiazole rings is 1. The molecule has 0 spiro atoms. The predicted octanol–water partition coefficient (Wildman–Crippen LogP) is 3.84. The number of aromatic nitrogens is 3. The van der Waals surface area contributed by atoms with Crippen molar-refractivity contribution < 1.29 is 0 Å². The topological polar surface area (TPSA) is 41.6 Å². The third-order valence-corrected chi connectivity index (χ3v) is 3.86. The maximum atomic E-state index is 4.50. The number of hydrogen-bond acceptors (Lipinski definition) is 3. The fourth-order valence-corrected chi connectivity index (χ4v) is 2.83. The van der Waals surface area contributed by atoms with Gasteiger partial charge in [-0.3, -0.25) is 4.98 Å². The van der Waals surface area contributed by atoms with E-state index in [0.717, 1.165) is 27.7 Å². The molecule has 4 aromatic rings. The van der Waals surface area contributed by atoms with E-state index in [2.05, 4.69) is 33.2 Å². The molecule has 0 bridgehead atoms. The first-order valence-corrected chi connectivity index (χ1v) is 6.55. The van der Waals surface area contributed by atoms with Gasteiger partial charge in [-0.15, -0.1) is 11.3 Å². The molecule has 86 valence electrons. The molecule has 18 heavy (non-hydrogen) atoms. The molecule has 0 aliphatic carbocycles. The summed E-state index contributed by atoms with van der Waals surface area (Å²) in [6.45, 7) is 0. The maximum Gasteiger partial charge on any atom is 0.0812 e. The van der Waals surface area contributed by atoms with Crippen LogP contribution in [0.25, 0.3) is 32.4 Å². The summed E-state index contributed by atoms with van der Waals surface area (Å²) in [6, 6.07) is 10.4. The van der Waals surface area contributed by atoms with Gasteiger partial charge in [-0.25, -0.2) is 4.98 Å². The van der Waals surface area contributed by atoms with Crippen molar-refractivity contribution in [2.75, 3.05) is 0 Å². The molecule has 4 heteroatoms. The molecule has 0 amide bonds. The molecule has 1 N–H and O–H groups in total. The first-order valence-electron chi connectivity index (χ1n) is 5.67. The average molecular weight is 251 g/mol. The third-order valence-electron chi connectivity index (χ3n) is 3.06. The average Bonchev–Trinajstić information content (AvgIpc) is 3.05. The number of nitrogens with zero attached hydrogens (tertiary/aromatic N) is 2. The summed E-state index contributed by atoms with van der Waals surface area (Å²) >= 11 is 1.65. The highest BCUT2D eigenvalue weighted by Crippen LogP contribution is 2.26. The van der Waals surface area contributed by atoms with Gasteiger partial charge in [0.15, 0.2) is 0 Å². The highest BCUT2D eigenvalue weighted by atomic mass is 32.1. The van der Waals surface area contributed by atoms with Crippen LogP contribution in [0.2, 0.25) is 0 Å². The van der Waals surface area contributed by atoms with E-state index in [1.807, 2.05) is 30.0 Å². The van der Waals surface area contributed by atoms with Crippen LogP contribution in [-0.2, 0) is 0 Å². The highest BCUT2D eigenvalue weighted by molar-refractivity contribution is 7.16. The normalized spacial score (nSPS) is 11.3. The lowest BCUT2D eigenvalue weighted by atomic mass is 10.1. The molecule has 0 atom stereocenters. The summed E-state index contributed by atoms with van der Waals surface area (Å²) in [5.41, 5.74) is 6.15. The summed E-state index contributed by atoms with van der Waals surface area (Å²) < 4.78 is 1.20. The molecule has 0 saturated carbocycles. The van der Waals surface area contributed by atoms with Crippen LogP contribution in [-0.4, -0.2) is 15.0 Å². The van der Waals surface area contributed by atoms with Crippen LogP contribution in [0.1, 0.15) is 0 Å². The number of rotatable bonds is 1. The molecule has 0 aliphatic rings. The standard InChI is InChI=1S/C14H9N3S/c1-2-11-14(18-8-17-11)5-9(1)12-6-13-10(7-16-12)3-4-15-13/h1-8,15H. The van der Waals surface area contributed by atoms with Gasteiger partial charge in [0.1, 0.15) is 0 Å². The maximum absolute atomic E-state index is 4.50. The number of pyridine rings is 1. The van der Waals surface area contributed by atoms with Gasteiger partial charge in [0, 0.05) is 28.9 Å². The number of benzene rings is 1. The van der Waals surface area contributed by atoms with E-state index >= 15 is 0 Å². The van der Waals surface area contributed by atoms with E-state index in [4.69, 9.17) is 0 Å². The molecule has 0 radical (unpaired) electrons. The summed E-state index contributed by atoms with van der Waals surface area (Å²) in [7, 11) is 0. The monoisotopic (exact) mass is 251 g/mol. The van der Waals surface area contributed by atoms with E-state index in [-0.39, 0.29) is 0 Å². The Morgan fingerprint density at radius 2 is 2.06 bits per heavy atom. The highest BCUT2D eigenvalue weighted by Gasteiger charge is 2.04. The van der Waals surface area contributed by atoms with E-state index in [1.54, 1.807) is 11.3 Å². The fourth-order valence-electron chi connectivity index (χ4n) is 2.12. The summed E-state index contributed by atoms with van der Waals surface area (Å²) in [4.78, 5) is 12.0. The second-order valence-corrected chi connectivity index (χ2v) is 5.06. The summed E-state index contributed by atoms with van der Waals surface area (Å²) in [5, 5.41) is 1.14. The van der Waals surface area contributed by atoms with Gasteiger partial charge in [-0.1, -0.05) is 6.07 Å². The van der Waals surface area contributed by atoms with Crippen molar-refractivity contribution in [3.8, 4) is 11.3 Å². The smallest absolute Gasteiger partial charge is 0.0812 e. The van der Waals surface area contributed by atoms with Crippen LogP contribution >= 0.6 is 11.3 Å². The minimum Gasteiger partial charge on any atom is -0.361 e. The summed E-state index contributed by atoms with van der Waals surface area (Å²) in [5.74, 6) is 0. The molecule has 0 fully saturated rings. The van der Waals surface area contributed by atoms with Gasteiger partial charge in [0.05, 0.1) is 21.4 Å². The van der Waals surface area contributed by atoms with Crippen molar-refractivity contribution in [1.29, 1.82) is 0 Å². The zero-order valence-corrected chi connectivity index (χ0v) is 10.2. The molecular weight excluding hydrogens is 242 g/mol. The largest absolute Gasteiger partial charge is 0.361 e. The molecule has 3 heterocycles. The van der Waals surface area contributed by atoms with Gasteiger partial charge in [0.25, 0.3) is 0 Å². The lowest BCUT2D eigenvalue weighted by molar-refractivity contribution is 1.35. The molecule has 0 aliphatic heterocycles. The Morgan fingerprint density at radius 1 is 1.06 bits per heavy atom. The first kappa shape index (κ1) is 9.79. The number of aromatic amines is 1. The molecule has 3 nitrogen and oxygen atoms in total. The SMILES string of the molecule is c1cc2cnc(-c3ccc4ncsc4c3)cc2[nH]1. The van der Waals surface area contributed by atoms with Crippen molar-refractivity contribution in [1.82, 2.24) is 15.0 Å². The number of fused-ring (bicyclic) bond motifs is 2. The Hall–Kier alpha value is -2.20. The Bertz CT molecular complexity index is 772. The molecule has 3 aromatic heterocycles. The van der Waals surface area contributed by atoms with Crippen LogP contribution in [0.15, 0.2) is 48.2 Å². The second-order valence-electron chi connectivity index (χ2n) is 4.17. The zero-order valence-electron chi connectivity index (χ0n) is 9.42. The van der Waals surface area contributed by atoms with Gasteiger partial charge in [-0.05, 0) is 24.3 Å². The minimum absolute atomic E-state index is 0.986. The van der Waals surface area contributed by atoms with Crippen molar-refractivity contribution in [3.63, 3.8) is 0 Å². The first-order chi connectivity index (χ1) is 8.90. The molecule has 0 saturated heterocycles. The fraction of sp³-hybridized carbons (Fsp3) is 0. The molecule has 0 unspecified atom stereocenters. The third kappa shape index (κ3) is 1.43. The van der Waals surface area contributed by atoms with Gasteiger partial charge < -0.3 is 4.98 Å². The van der Waals surface area contributed by atoms with Gasteiger partial charge in [-0.2, -0.15) is 0 Å². The Kier molecular flexibility index (Phi) is 1.98. The Morgan fingerprint density at radius 3 is 3.06 bits per heavy atom. The van der Waals surface area contributed by atoms with Crippen molar-refractivity contribution in [2.24, 2.45) is 0 Å². The number of nitrogens with one attached hydrogen (secondary N) is 1. The molecule has 1 aromatic carbocycles. The zero-order chi connectivity index (χ0) is 11.9. The summed E-state index contributed by atoms with van der Waals surface area (Å²) in [6.07, 6.45) is 3.83. The van der Waals surface area contributed by atoms with Crippen molar-refractivity contribution >= 4 is 32.5 Å². The Balaban J connectivity index is 1.93. The number of H-pyrrole nitrogens is 1. The molecular formula is C14H9N3S. The lowest BCUT2D eigenvalue weighted by Gasteiger charge is -2.01. The van der Waals surface area contributed by atoms with Crippen molar-refractivity contribution in [2.45, 2.75) is 0 Å². The van der Waals surface area contributed by atoms with Crippen LogP contribution in [0.4, 0.5) is 0 Å². The van der Waals surface area contributed by atoms with Crippen LogP contribution in [0, 0.1) is 0 Å². The van der Waals surface area contributed by atoms with E-state index in [9.17, 15) is 0 Å². The molecule has 4 rings (SSSR count). The van der Waals surface area contributed by atoms with Crippen molar-refractivity contribution in [3.05, 3.63) is 48.2 Å². The van der Waals surface area contributed by atoms with E-state index in [1.165, 1.54) is 4.70 Å².